The molecule has 0 unspecified atom stereocenters. The second kappa shape index (κ2) is 8.23. The number of carbonyl (C=O) groups is 2. The quantitative estimate of drug-likeness (QED) is 0.469. The van der Waals surface area contributed by atoms with Crippen molar-refractivity contribution in [2.75, 3.05) is 5.32 Å². The van der Waals surface area contributed by atoms with Gasteiger partial charge >= 0.3 is 0 Å². The average molecular weight is 441 g/mol. The first kappa shape index (κ1) is 20.6. The summed E-state index contributed by atoms with van der Waals surface area (Å²) >= 11 is 0.869. The van der Waals surface area contributed by atoms with Crippen LogP contribution < -0.4 is 11.1 Å². The molecule has 0 radical (unpaired) electrons. The molecule has 0 aliphatic heterocycles. The minimum Gasteiger partial charge on any atom is -0.365 e. The predicted molar refractivity (Wildman–Crippen MR) is 114 cm³/mol. The number of benzene rings is 1. The van der Waals surface area contributed by atoms with Crippen LogP contribution in [-0.2, 0) is 11.3 Å². The first-order valence-corrected chi connectivity index (χ1v) is 10.1. The zero-order chi connectivity index (χ0) is 22.1. The molecule has 0 atom stereocenters. The van der Waals surface area contributed by atoms with Crippen molar-refractivity contribution in [3.05, 3.63) is 64.9 Å². The molecule has 31 heavy (non-hydrogen) atoms. The number of fused-ring (bicyclic) bond motifs is 1. The van der Waals surface area contributed by atoms with Gasteiger partial charge in [0.25, 0.3) is 12.3 Å². The lowest BCUT2D eigenvalue weighted by Gasteiger charge is -2.11. The fraction of sp³-hybridized carbons (Fsp3) is 0.143. The lowest BCUT2D eigenvalue weighted by atomic mass is 10.0. The van der Waals surface area contributed by atoms with Gasteiger partial charge in [0.15, 0.2) is 0 Å². The van der Waals surface area contributed by atoms with Crippen molar-refractivity contribution >= 4 is 39.1 Å². The SMILES string of the molecule is Cc1ccnn1CC(=O)Nc1c(C(N)=O)sc2nc(C(F)F)cc(-c3ccccc3)c12. The molecule has 0 bridgehead atoms. The summed E-state index contributed by atoms with van der Waals surface area (Å²) in [7, 11) is 0. The predicted octanol–water partition coefficient (Wildman–Crippen LogP) is 4.14. The summed E-state index contributed by atoms with van der Waals surface area (Å²) in [6, 6.07) is 11.9. The van der Waals surface area contributed by atoms with Crippen LogP contribution in [0.25, 0.3) is 21.3 Å². The largest absolute Gasteiger partial charge is 0.365 e. The van der Waals surface area contributed by atoms with E-state index < -0.39 is 23.9 Å². The van der Waals surface area contributed by atoms with E-state index in [0.29, 0.717) is 16.5 Å². The Morgan fingerprint density at radius 1 is 1.23 bits per heavy atom. The van der Waals surface area contributed by atoms with E-state index in [4.69, 9.17) is 5.73 Å². The monoisotopic (exact) mass is 441 g/mol. The number of halogens is 2. The van der Waals surface area contributed by atoms with Crippen molar-refractivity contribution in [1.29, 1.82) is 0 Å². The molecule has 3 aromatic heterocycles. The van der Waals surface area contributed by atoms with E-state index in [2.05, 4.69) is 15.4 Å². The molecule has 0 saturated heterocycles. The van der Waals surface area contributed by atoms with Crippen LogP contribution in [-0.4, -0.2) is 26.6 Å². The summed E-state index contributed by atoms with van der Waals surface area (Å²) in [5.74, 6) is -1.22. The van der Waals surface area contributed by atoms with Gasteiger partial charge in [-0.3, -0.25) is 14.3 Å². The van der Waals surface area contributed by atoms with Crippen LogP contribution >= 0.6 is 11.3 Å². The van der Waals surface area contributed by atoms with Crippen molar-refractivity contribution in [2.24, 2.45) is 5.73 Å². The topological polar surface area (TPSA) is 103 Å². The molecular formula is C21H17F2N5O2S. The van der Waals surface area contributed by atoms with E-state index in [1.807, 2.05) is 0 Å². The van der Waals surface area contributed by atoms with Gasteiger partial charge in [0.1, 0.15) is 21.9 Å². The van der Waals surface area contributed by atoms with E-state index in [-0.39, 0.29) is 21.9 Å². The van der Waals surface area contributed by atoms with Crippen LogP contribution in [0, 0.1) is 6.92 Å². The number of carbonyl (C=O) groups excluding carboxylic acids is 2. The number of nitrogens with zero attached hydrogens (tertiary/aromatic N) is 3. The summed E-state index contributed by atoms with van der Waals surface area (Å²) in [6.45, 7) is 1.72. The Kier molecular flexibility index (Phi) is 5.47. The van der Waals surface area contributed by atoms with Crippen molar-refractivity contribution in [1.82, 2.24) is 14.8 Å². The Morgan fingerprint density at radius 2 is 1.97 bits per heavy atom. The average Bonchev–Trinajstić information content (AvgIpc) is 3.31. The van der Waals surface area contributed by atoms with Crippen molar-refractivity contribution in [3.63, 3.8) is 0 Å². The number of nitrogens with one attached hydrogen (secondary N) is 1. The molecule has 2 amide bonds. The lowest BCUT2D eigenvalue weighted by Crippen LogP contribution is -2.22. The molecule has 7 nitrogen and oxygen atoms in total. The summed E-state index contributed by atoms with van der Waals surface area (Å²) in [5.41, 5.74) is 7.12. The molecule has 0 aliphatic rings. The fourth-order valence-electron chi connectivity index (χ4n) is 3.25. The minimum absolute atomic E-state index is 0.0386. The third-order valence-corrected chi connectivity index (χ3v) is 5.80. The standard InChI is InChI=1S/C21H17F2N5O2S/c1-11-7-8-25-28(11)10-15(29)27-17-16-13(12-5-3-2-4-6-12)9-14(19(22)23)26-21(16)31-18(17)20(24)30/h2-9,19H,10H2,1H3,(H2,24,30)(H,27,29). The zero-order valence-electron chi connectivity index (χ0n) is 16.3. The highest BCUT2D eigenvalue weighted by Crippen LogP contribution is 2.42. The van der Waals surface area contributed by atoms with Gasteiger partial charge in [0.05, 0.1) is 5.69 Å². The van der Waals surface area contributed by atoms with Crippen LogP contribution in [0.2, 0.25) is 0 Å². The van der Waals surface area contributed by atoms with E-state index in [0.717, 1.165) is 17.0 Å². The van der Waals surface area contributed by atoms with E-state index in [1.54, 1.807) is 49.5 Å². The Morgan fingerprint density at radius 3 is 2.58 bits per heavy atom. The fourth-order valence-corrected chi connectivity index (χ4v) is 4.26. The van der Waals surface area contributed by atoms with Gasteiger partial charge in [0, 0.05) is 17.3 Å². The van der Waals surface area contributed by atoms with Gasteiger partial charge < -0.3 is 11.1 Å². The first-order valence-electron chi connectivity index (χ1n) is 9.24. The van der Waals surface area contributed by atoms with Gasteiger partial charge in [-0.25, -0.2) is 13.8 Å². The number of anilines is 1. The van der Waals surface area contributed by atoms with Crippen LogP contribution in [0.1, 0.15) is 27.5 Å². The molecule has 158 valence electrons. The smallest absolute Gasteiger partial charge is 0.280 e. The maximum atomic E-state index is 13.5. The number of aromatic nitrogens is 3. The number of nitrogens with two attached hydrogens (primary N) is 1. The van der Waals surface area contributed by atoms with Crippen LogP contribution in [0.5, 0.6) is 0 Å². The number of hydrogen-bond donors (Lipinski definition) is 2. The molecule has 4 aromatic rings. The molecule has 1 aromatic carbocycles. The third-order valence-electron chi connectivity index (χ3n) is 4.70. The number of primary amides is 1. The molecule has 0 spiro atoms. The van der Waals surface area contributed by atoms with Crippen LogP contribution in [0.4, 0.5) is 14.5 Å². The number of thiophene rings is 1. The number of alkyl halides is 2. The van der Waals surface area contributed by atoms with Crippen molar-refractivity contribution in [2.45, 2.75) is 19.9 Å². The molecule has 3 N–H and O–H groups in total. The molecule has 10 heteroatoms. The summed E-state index contributed by atoms with van der Waals surface area (Å²) < 4.78 is 28.5. The molecular weight excluding hydrogens is 424 g/mol. The van der Waals surface area contributed by atoms with Gasteiger partial charge in [-0.05, 0) is 30.2 Å². The Labute approximate surface area is 179 Å². The highest BCUT2D eigenvalue weighted by molar-refractivity contribution is 7.21. The second-order valence-electron chi connectivity index (χ2n) is 6.79. The Hall–Kier alpha value is -3.66. The molecule has 3 heterocycles. The highest BCUT2D eigenvalue weighted by Gasteiger charge is 2.25. The number of hydrogen-bond acceptors (Lipinski definition) is 5. The maximum Gasteiger partial charge on any atom is 0.280 e. The van der Waals surface area contributed by atoms with Crippen LogP contribution in [0.3, 0.4) is 0 Å². The van der Waals surface area contributed by atoms with E-state index in [1.165, 1.54) is 10.7 Å². The Balaban J connectivity index is 1.88. The molecule has 0 aliphatic carbocycles. The van der Waals surface area contributed by atoms with Crippen LogP contribution in [0.15, 0.2) is 48.7 Å². The number of amides is 2. The first-order chi connectivity index (χ1) is 14.8. The molecule has 0 saturated carbocycles. The normalized spacial score (nSPS) is 11.2. The van der Waals surface area contributed by atoms with Gasteiger partial charge in [-0.1, -0.05) is 30.3 Å². The Bertz CT molecular complexity index is 1280. The third kappa shape index (κ3) is 4.02. The summed E-state index contributed by atoms with van der Waals surface area (Å²) in [6.07, 6.45) is -1.23. The molecule has 4 rings (SSSR count). The zero-order valence-corrected chi connectivity index (χ0v) is 17.1. The highest BCUT2D eigenvalue weighted by atomic mass is 32.1. The number of pyridine rings is 1. The second-order valence-corrected chi connectivity index (χ2v) is 7.79. The van der Waals surface area contributed by atoms with Gasteiger partial charge in [0.2, 0.25) is 5.91 Å². The summed E-state index contributed by atoms with van der Waals surface area (Å²) in [5, 5.41) is 7.18. The summed E-state index contributed by atoms with van der Waals surface area (Å²) in [4.78, 5) is 29.1. The maximum absolute atomic E-state index is 13.5. The van der Waals surface area contributed by atoms with E-state index in [9.17, 15) is 18.4 Å². The van der Waals surface area contributed by atoms with E-state index >= 15 is 0 Å². The van der Waals surface area contributed by atoms with Gasteiger partial charge in [-0.2, -0.15) is 5.10 Å². The molecule has 0 fully saturated rings. The number of rotatable bonds is 6. The number of aryl methyl sites for hydroxylation is 1. The van der Waals surface area contributed by atoms with Gasteiger partial charge in [-0.15, -0.1) is 11.3 Å². The van der Waals surface area contributed by atoms with Crippen molar-refractivity contribution in [3.8, 4) is 11.1 Å². The minimum atomic E-state index is -2.80. The van der Waals surface area contributed by atoms with Crippen molar-refractivity contribution < 1.29 is 18.4 Å². The lowest BCUT2D eigenvalue weighted by molar-refractivity contribution is -0.116.